The number of nitrogens with zero attached hydrogens (tertiary/aromatic N) is 8. The lowest BCUT2D eigenvalue weighted by Gasteiger charge is -2.32. The molecule has 0 spiro atoms. The maximum absolute atomic E-state index is 15.3. The van der Waals surface area contributed by atoms with Crippen molar-refractivity contribution in [1.29, 1.82) is 0 Å². The highest BCUT2D eigenvalue weighted by Gasteiger charge is 2.32. The van der Waals surface area contributed by atoms with E-state index in [1.54, 1.807) is 39.0 Å². The average Bonchev–Trinajstić information content (AvgIpc) is 3.68. The number of benzene rings is 1. The number of imidazole rings is 1. The van der Waals surface area contributed by atoms with E-state index in [1.807, 2.05) is 6.07 Å². The second kappa shape index (κ2) is 10.4. The number of tetrazole rings is 1. The van der Waals surface area contributed by atoms with Crippen LogP contribution in [0.5, 0.6) is 0 Å². The van der Waals surface area contributed by atoms with E-state index in [2.05, 4.69) is 30.5 Å². The molecule has 2 N–H and O–H groups in total. The smallest absolute Gasteiger partial charge is 0.413 e. The number of H-pyrrole nitrogens is 1. The van der Waals surface area contributed by atoms with E-state index in [1.165, 1.54) is 33.8 Å². The summed E-state index contributed by atoms with van der Waals surface area (Å²) in [6.45, 7) is 4.94. The topological polar surface area (TPSA) is 148 Å². The summed E-state index contributed by atoms with van der Waals surface area (Å²) < 4.78 is 33.3. The van der Waals surface area contributed by atoms with Gasteiger partial charge in [0.15, 0.2) is 0 Å². The number of pyridine rings is 2. The molecule has 0 saturated carbocycles. The fourth-order valence-corrected chi connectivity index (χ4v) is 5.58. The number of fused-ring (bicyclic) bond motifs is 1. The molecule has 220 valence electrons. The zero-order valence-electron chi connectivity index (χ0n) is 23.1. The van der Waals surface area contributed by atoms with Gasteiger partial charge in [-0.25, -0.2) is 9.78 Å². The second-order valence-corrected chi connectivity index (χ2v) is 11.4. The third kappa shape index (κ3) is 5.03. The van der Waals surface area contributed by atoms with Crippen LogP contribution in [0.2, 0.25) is 5.02 Å². The lowest BCUT2D eigenvalue weighted by atomic mass is 10.0. The van der Waals surface area contributed by atoms with E-state index >= 15 is 8.78 Å². The number of amides is 1. The van der Waals surface area contributed by atoms with Crippen LogP contribution in [0.4, 0.5) is 19.4 Å². The van der Waals surface area contributed by atoms with Crippen LogP contribution in [0.25, 0.3) is 28.2 Å². The Labute approximate surface area is 247 Å². The number of aromatic nitrogens is 8. The van der Waals surface area contributed by atoms with Gasteiger partial charge in [0.2, 0.25) is 11.9 Å². The van der Waals surface area contributed by atoms with Crippen molar-refractivity contribution in [1.82, 2.24) is 39.7 Å². The Morgan fingerprint density at radius 3 is 2.56 bits per heavy atom. The van der Waals surface area contributed by atoms with E-state index in [0.717, 1.165) is 4.90 Å². The van der Waals surface area contributed by atoms with Crippen LogP contribution in [0.3, 0.4) is 0 Å². The monoisotopic (exact) mass is 607 g/mol. The molecule has 12 nitrogen and oxygen atoms in total. The summed E-state index contributed by atoms with van der Waals surface area (Å²) in [4.78, 5) is 36.7. The Morgan fingerprint density at radius 2 is 1.88 bits per heavy atom. The minimum atomic E-state index is -1.30. The molecule has 6 rings (SSSR count). The number of carbonyl (C=O) groups is 1. The Hall–Kier alpha value is -4.98. The Morgan fingerprint density at radius 1 is 1.09 bits per heavy atom. The van der Waals surface area contributed by atoms with Crippen LogP contribution < -0.4 is 10.5 Å². The lowest BCUT2D eigenvalue weighted by Crippen LogP contribution is -2.45. The predicted octanol–water partition coefficient (Wildman–Crippen LogP) is 5.03. The number of hydrogen-bond acceptors (Lipinski definition) is 7. The van der Waals surface area contributed by atoms with Crippen LogP contribution in [-0.2, 0) is 6.42 Å². The van der Waals surface area contributed by atoms with Crippen LogP contribution >= 0.6 is 11.6 Å². The molecular formula is C28H24ClF2N9O3. The number of hydrogen-bond donors (Lipinski definition) is 2. The summed E-state index contributed by atoms with van der Waals surface area (Å²) in [6.07, 6.45) is 0.991. The van der Waals surface area contributed by atoms with E-state index in [9.17, 15) is 14.7 Å². The van der Waals surface area contributed by atoms with Gasteiger partial charge in [0.05, 0.1) is 23.0 Å². The van der Waals surface area contributed by atoms with Gasteiger partial charge >= 0.3 is 6.09 Å². The van der Waals surface area contributed by atoms with Crippen molar-refractivity contribution < 1.29 is 18.7 Å². The second-order valence-electron chi connectivity index (χ2n) is 11.0. The normalized spacial score (nSPS) is 14.6. The SMILES string of the molecule is CC(C)(C)N(C(=O)O)c1ccc(-c2nc(F)c([C@@H]3CCc4cc(-c5cc(Cl)ccc5-n5cnnn5)cc(=O)n43)[nH]2)c(F)n1. The van der Waals surface area contributed by atoms with Crippen molar-refractivity contribution in [2.45, 2.75) is 45.2 Å². The third-order valence-corrected chi connectivity index (χ3v) is 7.43. The number of carboxylic acid groups (broad SMARTS) is 1. The van der Waals surface area contributed by atoms with Gasteiger partial charge in [-0.15, -0.1) is 5.10 Å². The maximum atomic E-state index is 15.3. The van der Waals surface area contributed by atoms with Crippen molar-refractivity contribution in [2.24, 2.45) is 0 Å². The molecule has 1 aliphatic rings. The number of rotatable bonds is 5. The van der Waals surface area contributed by atoms with E-state index in [0.29, 0.717) is 40.4 Å². The molecule has 5 heterocycles. The molecule has 0 aliphatic carbocycles. The maximum Gasteiger partial charge on any atom is 0.413 e. The zero-order valence-corrected chi connectivity index (χ0v) is 23.8. The van der Waals surface area contributed by atoms with Gasteiger partial charge in [-0.3, -0.25) is 9.69 Å². The molecular weight excluding hydrogens is 584 g/mol. The molecule has 0 fully saturated rings. The van der Waals surface area contributed by atoms with Crippen molar-refractivity contribution in [2.75, 3.05) is 4.90 Å². The number of halogens is 3. The van der Waals surface area contributed by atoms with Crippen molar-refractivity contribution in [3.8, 4) is 28.2 Å². The van der Waals surface area contributed by atoms with E-state index in [4.69, 9.17) is 11.6 Å². The first kappa shape index (κ1) is 28.2. The molecule has 0 saturated heterocycles. The summed E-state index contributed by atoms with van der Waals surface area (Å²) in [5.41, 5.74) is 1.12. The van der Waals surface area contributed by atoms with Crippen LogP contribution in [0.1, 0.15) is 44.6 Å². The molecule has 5 aromatic rings. The minimum Gasteiger partial charge on any atom is -0.465 e. The van der Waals surface area contributed by atoms with Crippen LogP contribution in [-0.4, -0.2) is 56.5 Å². The summed E-state index contributed by atoms with van der Waals surface area (Å²) in [5.74, 6) is -2.17. The Kier molecular flexibility index (Phi) is 6.80. The Balaban J connectivity index is 1.35. The third-order valence-electron chi connectivity index (χ3n) is 7.20. The predicted molar refractivity (Wildman–Crippen MR) is 152 cm³/mol. The van der Waals surface area contributed by atoms with Crippen molar-refractivity contribution in [3.05, 3.63) is 87.5 Å². The van der Waals surface area contributed by atoms with Crippen molar-refractivity contribution >= 4 is 23.5 Å². The largest absolute Gasteiger partial charge is 0.465 e. The summed E-state index contributed by atoms with van der Waals surface area (Å²) >= 11 is 6.27. The highest BCUT2D eigenvalue weighted by Crippen LogP contribution is 2.36. The quantitative estimate of drug-likeness (QED) is 0.265. The highest BCUT2D eigenvalue weighted by atomic mass is 35.5. The molecule has 1 amide bonds. The molecule has 43 heavy (non-hydrogen) atoms. The summed E-state index contributed by atoms with van der Waals surface area (Å²) in [7, 11) is 0. The Bertz CT molecular complexity index is 1930. The standard InChI is InChI=1S/C28H24ClF2N9O3/c1-28(2,3)40(27(42)43)21-9-6-17(24(30)33-21)26-34-23(25(31)35-26)20-8-5-16-10-14(11-22(41)39(16)20)18-12-15(29)4-7-19(18)38-13-32-36-37-38/h4,6-7,9-13,20H,5,8H2,1-3H3,(H,34,35)(H,42,43)/t20-/m0/s1. The van der Waals surface area contributed by atoms with E-state index in [-0.39, 0.29) is 28.5 Å². The van der Waals surface area contributed by atoms with Gasteiger partial charge in [-0.1, -0.05) is 11.6 Å². The van der Waals surface area contributed by atoms with Gasteiger partial charge in [0.25, 0.3) is 5.56 Å². The first-order valence-electron chi connectivity index (χ1n) is 13.2. The molecule has 0 bridgehead atoms. The molecule has 15 heteroatoms. The number of nitrogens with one attached hydrogen (secondary N) is 1. The average molecular weight is 608 g/mol. The molecule has 4 aromatic heterocycles. The van der Waals surface area contributed by atoms with Crippen LogP contribution in [0, 0.1) is 11.9 Å². The number of aromatic amines is 1. The first-order valence-corrected chi connectivity index (χ1v) is 13.5. The van der Waals surface area contributed by atoms with Gasteiger partial charge < -0.3 is 14.7 Å². The molecule has 1 aliphatic heterocycles. The van der Waals surface area contributed by atoms with Gasteiger partial charge in [0.1, 0.15) is 18.0 Å². The lowest BCUT2D eigenvalue weighted by molar-refractivity contribution is 0.195. The number of aryl methyl sites for hydroxylation is 1. The van der Waals surface area contributed by atoms with Crippen molar-refractivity contribution in [3.63, 3.8) is 0 Å². The molecule has 1 atom stereocenters. The highest BCUT2D eigenvalue weighted by molar-refractivity contribution is 6.31. The number of anilines is 1. The fraction of sp³-hybridized carbons (Fsp3) is 0.250. The summed E-state index contributed by atoms with van der Waals surface area (Å²) in [6, 6.07) is 10.3. The molecule has 0 radical (unpaired) electrons. The first-order chi connectivity index (χ1) is 20.4. The molecule has 1 aromatic carbocycles. The minimum absolute atomic E-state index is 0.0195. The van der Waals surface area contributed by atoms with Gasteiger partial charge in [-0.2, -0.15) is 18.4 Å². The zero-order chi connectivity index (χ0) is 30.6. The molecule has 0 unspecified atom stereocenters. The summed E-state index contributed by atoms with van der Waals surface area (Å²) in [5, 5.41) is 21.4. The fourth-order valence-electron chi connectivity index (χ4n) is 5.40. The van der Waals surface area contributed by atoms with Gasteiger partial charge in [0, 0.05) is 27.9 Å². The van der Waals surface area contributed by atoms with Gasteiger partial charge in [-0.05, 0) is 86.0 Å². The van der Waals surface area contributed by atoms with E-state index < -0.39 is 29.6 Å². The van der Waals surface area contributed by atoms with Crippen LogP contribution in [0.15, 0.2) is 53.6 Å².